The number of methoxy groups -OCH3 is 2. The fraction of sp³-hybridized carbons (Fsp3) is 0.250. The largest absolute Gasteiger partial charge is 0.495 e. The molecule has 2 aromatic heterocycles. The molecule has 0 aliphatic carbocycles. The molecule has 6 nitrogen and oxygen atoms in total. The second-order valence-corrected chi connectivity index (χ2v) is 5.08. The quantitative estimate of drug-likeness (QED) is 0.755. The van der Waals surface area contributed by atoms with Crippen molar-refractivity contribution in [3.8, 4) is 16.9 Å². The van der Waals surface area contributed by atoms with Gasteiger partial charge in [-0.05, 0) is 30.7 Å². The van der Waals surface area contributed by atoms with E-state index in [0.29, 0.717) is 11.4 Å². The molecule has 3 aromatic rings. The van der Waals surface area contributed by atoms with Gasteiger partial charge in [0.05, 0.1) is 25.4 Å². The molecular weight excluding hydrogens is 282 g/mol. The number of rotatable bonds is 3. The van der Waals surface area contributed by atoms with Gasteiger partial charge in [-0.15, -0.1) is 0 Å². The molecule has 6 heteroatoms. The molecule has 0 aliphatic heterocycles. The smallest absolute Gasteiger partial charge is 0.354 e. The van der Waals surface area contributed by atoms with E-state index in [1.807, 2.05) is 32.3 Å². The second-order valence-electron chi connectivity index (χ2n) is 5.08. The predicted molar refractivity (Wildman–Crippen MR) is 83.1 cm³/mol. The van der Waals surface area contributed by atoms with Gasteiger partial charge in [0.15, 0.2) is 0 Å². The summed E-state index contributed by atoms with van der Waals surface area (Å²) in [5, 5.41) is 5.28. The van der Waals surface area contributed by atoms with Gasteiger partial charge in [0.25, 0.3) is 0 Å². The van der Waals surface area contributed by atoms with Gasteiger partial charge in [-0.2, -0.15) is 5.10 Å². The van der Waals surface area contributed by atoms with E-state index in [9.17, 15) is 4.79 Å². The fourth-order valence-corrected chi connectivity index (χ4v) is 2.68. The first-order valence-electron chi connectivity index (χ1n) is 6.83. The highest BCUT2D eigenvalue weighted by atomic mass is 16.5. The molecule has 0 bridgehead atoms. The van der Waals surface area contributed by atoms with Crippen molar-refractivity contribution in [3.63, 3.8) is 0 Å². The van der Waals surface area contributed by atoms with Crippen molar-refractivity contribution in [1.29, 1.82) is 0 Å². The SMILES string of the molecule is COC(=O)c1cc2c(-c3cn(C)nc3C)ccc(OC)c2[nH]1. The van der Waals surface area contributed by atoms with Gasteiger partial charge in [-0.3, -0.25) is 4.68 Å². The van der Waals surface area contributed by atoms with Crippen LogP contribution in [-0.4, -0.2) is 35.0 Å². The lowest BCUT2D eigenvalue weighted by molar-refractivity contribution is 0.0595. The highest BCUT2D eigenvalue weighted by Crippen LogP contribution is 2.35. The highest BCUT2D eigenvalue weighted by Gasteiger charge is 2.17. The fourth-order valence-electron chi connectivity index (χ4n) is 2.68. The summed E-state index contributed by atoms with van der Waals surface area (Å²) in [5.74, 6) is 0.266. The summed E-state index contributed by atoms with van der Waals surface area (Å²) in [4.78, 5) is 14.9. The number of aromatic amines is 1. The molecule has 0 saturated heterocycles. The zero-order chi connectivity index (χ0) is 15.9. The molecule has 22 heavy (non-hydrogen) atoms. The third-order valence-electron chi connectivity index (χ3n) is 3.68. The van der Waals surface area contributed by atoms with Crippen LogP contribution >= 0.6 is 0 Å². The first-order valence-corrected chi connectivity index (χ1v) is 6.83. The van der Waals surface area contributed by atoms with Crippen molar-refractivity contribution >= 4 is 16.9 Å². The molecular formula is C16H17N3O3. The summed E-state index contributed by atoms with van der Waals surface area (Å²) in [7, 11) is 4.84. The maximum Gasteiger partial charge on any atom is 0.354 e. The minimum absolute atomic E-state index is 0.393. The van der Waals surface area contributed by atoms with Crippen LogP contribution in [0.4, 0.5) is 0 Å². The first kappa shape index (κ1) is 14.2. The normalized spacial score (nSPS) is 10.9. The van der Waals surface area contributed by atoms with Crippen molar-refractivity contribution in [1.82, 2.24) is 14.8 Å². The van der Waals surface area contributed by atoms with Crippen LogP contribution in [0.2, 0.25) is 0 Å². The molecule has 0 radical (unpaired) electrons. The molecule has 0 fully saturated rings. The maximum absolute atomic E-state index is 11.8. The summed E-state index contributed by atoms with van der Waals surface area (Å²) in [5.41, 5.74) is 4.10. The molecule has 114 valence electrons. The van der Waals surface area contributed by atoms with Gasteiger partial charge in [0.2, 0.25) is 0 Å². The number of aryl methyl sites for hydroxylation is 2. The lowest BCUT2D eigenvalue weighted by Crippen LogP contribution is -2.00. The summed E-state index contributed by atoms with van der Waals surface area (Å²) in [6.07, 6.45) is 1.96. The van der Waals surface area contributed by atoms with Crippen molar-refractivity contribution in [3.05, 3.63) is 35.8 Å². The zero-order valence-electron chi connectivity index (χ0n) is 12.9. The third kappa shape index (κ3) is 2.13. The number of carbonyl (C=O) groups excluding carboxylic acids is 1. The number of carbonyl (C=O) groups is 1. The van der Waals surface area contributed by atoms with Crippen LogP contribution in [0.25, 0.3) is 22.0 Å². The Labute approximate surface area is 127 Å². The van der Waals surface area contributed by atoms with E-state index in [1.165, 1.54) is 7.11 Å². The zero-order valence-corrected chi connectivity index (χ0v) is 12.9. The van der Waals surface area contributed by atoms with E-state index < -0.39 is 5.97 Å². The van der Waals surface area contributed by atoms with Gasteiger partial charge in [0.1, 0.15) is 11.4 Å². The van der Waals surface area contributed by atoms with E-state index in [-0.39, 0.29) is 0 Å². The van der Waals surface area contributed by atoms with Crippen LogP contribution in [0.1, 0.15) is 16.2 Å². The Morgan fingerprint density at radius 2 is 2.05 bits per heavy atom. The van der Waals surface area contributed by atoms with Crippen LogP contribution < -0.4 is 4.74 Å². The Bertz CT molecular complexity index is 861. The third-order valence-corrected chi connectivity index (χ3v) is 3.68. The Kier molecular flexibility index (Phi) is 3.36. The van der Waals surface area contributed by atoms with Gasteiger partial charge in [-0.25, -0.2) is 4.79 Å². The first-order chi connectivity index (χ1) is 10.5. The average Bonchev–Trinajstić information content (AvgIpc) is 3.09. The van der Waals surface area contributed by atoms with Crippen molar-refractivity contribution in [2.24, 2.45) is 7.05 Å². The van der Waals surface area contributed by atoms with Gasteiger partial charge in [-0.1, -0.05) is 0 Å². The van der Waals surface area contributed by atoms with E-state index in [0.717, 1.165) is 27.7 Å². The minimum Gasteiger partial charge on any atom is -0.495 e. The predicted octanol–water partition coefficient (Wildman–Crippen LogP) is 2.67. The van der Waals surface area contributed by atoms with Crippen LogP contribution in [-0.2, 0) is 11.8 Å². The number of ether oxygens (including phenoxy) is 2. The Balaban J connectivity index is 2.29. The molecule has 0 atom stereocenters. The maximum atomic E-state index is 11.8. The number of H-pyrrole nitrogens is 1. The standard InChI is InChI=1S/C16H17N3O3/c1-9-12(8-19(2)18-9)10-5-6-14(21-3)15-11(10)7-13(17-15)16(20)22-4/h5-8,17H,1-4H3. The highest BCUT2D eigenvalue weighted by molar-refractivity contribution is 6.03. The summed E-state index contributed by atoms with van der Waals surface area (Å²) >= 11 is 0. The molecule has 0 unspecified atom stereocenters. The monoisotopic (exact) mass is 299 g/mol. The number of esters is 1. The summed E-state index contributed by atoms with van der Waals surface area (Å²) in [6, 6.07) is 5.63. The van der Waals surface area contributed by atoms with Crippen LogP contribution in [0.3, 0.4) is 0 Å². The summed E-state index contributed by atoms with van der Waals surface area (Å²) < 4.78 is 11.9. The van der Waals surface area contributed by atoms with E-state index >= 15 is 0 Å². The molecule has 0 spiro atoms. The number of benzene rings is 1. The van der Waals surface area contributed by atoms with Crippen molar-refractivity contribution in [2.75, 3.05) is 14.2 Å². The van der Waals surface area contributed by atoms with E-state index in [4.69, 9.17) is 9.47 Å². The lowest BCUT2D eigenvalue weighted by Gasteiger charge is -2.06. The Morgan fingerprint density at radius 1 is 1.27 bits per heavy atom. The van der Waals surface area contributed by atoms with Gasteiger partial charge < -0.3 is 14.5 Å². The van der Waals surface area contributed by atoms with Crippen LogP contribution in [0.5, 0.6) is 5.75 Å². The number of hydrogen-bond acceptors (Lipinski definition) is 4. The molecule has 2 heterocycles. The topological polar surface area (TPSA) is 69.1 Å². The number of nitrogens with zero attached hydrogens (tertiary/aromatic N) is 2. The average molecular weight is 299 g/mol. The van der Waals surface area contributed by atoms with Crippen LogP contribution in [0.15, 0.2) is 24.4 Å². The van der Waals surface area contributed by atoms with Crippen molar-refractivity contribution in [2.45, 2.75) is 6.92 Å². The molecule has 1 aromatic carbocycles. The van der Waals surface area contributed by atoms with E-state index in [2.05, 4.69) is 10.1 Å². The van der Waals surface area contributed by atoms with Crippen LogP contribution in [0, 0.1) is 6.92 Å². The van der Waals surface area contributed by atoms with Gasteiger partial charge >= 0.3 is 5.97 Å². The molecule has 1 N–H and O–H groups in total. The Morgan fingerprint density at radius 3 is 2.64 bits per heavy atom. The number of fused-ring (bicyclic) bond motifs is 1. The number of aromatic nitrogens is 3. The minimum atomic E-state index is -0.410. The molecule has 0 amide bonds. The lowest BCUT2D eigenvalue weighted by atomic mass is 10.0. The molecule has 0 aliphatic rings. The molecule has 0 saturated carbocycles. The Hall–Kier alpha value is -2.76. The van der Waals surface area contributed by atoms with Gasteiger partial charge in [0, 0.05) is 24.2 Å². The second kappa shape index (κ2) is 5.22. The number of hydrogen-bond donors (Lipinski definition) is 1. The van der Waals surface area contributed by atoms with E-state index in [1.54, 1.807) is 17.9 Å². The number of nitrogens with one attached hydrogen (secondary N) is 1. The molecule has 3 rings (SSSR count). The summed E-state index contributed by atoms with van der Waals surface area (Å²) in [6.45, 7) is 1.96. The van der Waals surface area contributed by atoms with Crippen molar-refractivity contribution < 1.29 is 14.3 Å².